The number of halogens is 1. The zero-order valence-corrected chi connectivity index (χ0v) is 15.8. The highest BCUT2D eigenvalue weighted by Crippen LogP contribution is 2.17. The van der Waals surface area contributed by atoms with E-state index in [1.54, 1.807) is 6.20 Å². The molecule has 0 saturated heterocycles. The highest BCUT2D eigenvalue weighted by molar-refractivity contribution is 7.99. The van der Waals surface area contributed by atoms with Crippen molar-refractivity contribution in [3.63, 3.8) is 0 Å². The molecule has 6 nitrogen and oxygen atoms in total. The lowest BCUT2D eigenvalue weighted by Crippen LogP contribution is -2.33. The maximum absolute atomic E-state index is 12.9. The molecule has 0 bridgehead atoms. The van der Waals surface area contributed by atoms with Crippen LogP contribution in [0.3, 0.4) is 0 Å². The van der Waals surface area contributed by atoms with Crippen molar-refractivity contribution in [2.24, 2.45) is 0 Å². The van der Waals surface area contributed by atoms with E-state index in [9.17, 15) is 14.0 Å². The van der Waals surface area contributed by atoms with Crippen LogP contribution in [0, 0.1) is 5.82 Å². The summed E-state index contributed by atoms with van der Waals surface area (Å²) in [6, 6.07) is 15.4. The third-order valence-corrected chi connectivity index (χ3v) is 4.78. The van der Waals surface area contributed by atoms with Gasteiger partial charge in [-0.05, 0) is 29.8 Å². The fourth-order valence-corrected chi connectivity index (χ4v) is 3.22. The molecule has 1 heterocycles. The number of rotatable bonds is 8. The standard InChI is InChI=1S/C20H19FN4O2S/c21-16-6-8-17(9-7-16)24-18(26)12-23-19(27)14-28-20-22-10-11-25(20)13-15-4-2-1-3-5-15/h1-11H,12-14H2,(H,23,27)(H,24,26). The van der Waals surface area contributed by atoms with Gasteiger partial charge in [-0.3, -0.25) is 9.59 Å². The Kier molecular flexibility index (Phi) is 6.80. The summed E-state index contributed by atoms with van der Waals surface area (Å²) < 4.78 is 14.8. The molecule has 3 aromatic rings. The number of thioether (sulfide) groups is 1. The second-order valence-corrected chi connectivity index (χ2v) is 6.89. The minimum atomic E-state index is -0.381. The van der Waals surface area contributed by atoms with Gasteiger partial charge in [-0.15, -0.1) is 0 Å². The predicted octanol–water partition coefficient (Wildman–Crippen LogP) is 2.92. The molecule has 1 aromatic heterocycles. The van der Waals surface area contributed by atoms with Gasteiger partial charge in [-0.2, -0.15) is 0 Å². The second-order valence-electron chi connectivity index (χ2n) is 5.94. The summed E-state index contributed by atoms with van der Waals surface area (Å²) in [5, 5.41) is 5.88. The van der Waals surface area contributed by atoms with Crippen LogP contribution in [0.25, 0.3) is 0 Å². The van der Waals surface area contributed by atoms with Gasteiger partial charge in [0.05, 0.1) is 12.3 Å². The van der Waals surface area contributed by atoms with E-state index in [-0.39, 0.29) is 29.9 Å². The van der Waals surface area contributed by atoms with Crippen molar-refractivity contribution in [2.75, 3.05) is 17.6 Å². The number of carbonyl (C=O) groups is 2. The number of carbonyl (C=O) groups excluding carboxylic acids is 2. The number of amides is 2. The van der Waals surface area contributed by atoms with E-state index in [1.165, 1.54) is 36.0 Å². The van der Waals surface area contributed by atoms with Gasteiger partial charge in [0.25, 0.3) is 0 Å². The number of nitrogens with zero attached hydrogens (tertiary/aromatic N) is 2. The number of nitrogens with one attached hydrogen (secondary N) is 2. The molecule has 0 unspecified atom stereocenters. The average Bonchev–Trinajstić information content (AvgIpc) is 3.14. The van der Waals surface area contributed by atoms with Crippen molar-refractivity contribution in [3.05, 3.63) is 78.4 Å². The van der Waals surface area contributed by atoms with Gasteiger partial charge < -0.3 is 15.2 Å². The Hall–Kier alpha value is -3.13. The van der Waals surface area contributed by atoms with Gasteiger partial charge in [0, 0.05) is 24.6 Å². The minimum absolute atomic E-state index is 0.148. The molecule has 2 amide bonds. The first kappa shape index (κ1) is 19.6. The van der Waals surface area contributed by atoms with Gasteiger partial charge in [-0.25, -0.2) is 9.37 Å². The van der Waals surface area contributed by atoms with Crippen LogP contribution in [-0.4, -0.2) is 33.7 Å². The van der Waals surface area contributed by atoms with Gasteiger partial charge in [-0.1, -0.05) is 42.1 Å². The summed E-state index contributed by atoms with van der Waals surface area (Å²) in [5.41, 5.74) is 1.61. The lowest BCUT2D eigenvalue weighted by molar-refractivity contribution is -0.122. The molecule has 0 atom stereocenters. The summed E-state index contributed by atoms with van der Waals surface area (Å²) in [7, 11) is 0. The molecule has 0 aliphatic heterocycles. The van der Waals surface area contributed by atoms with Crippen molar-refractivity contribution in [3.8, 4) is 0 Å². The van der Waals surface area contributed by atoms with Crippen molar-refractivity contribution in [1.82, 2.24) is 14.9 Å². The van der Waals surface area contributed by atoms with E-state index in [0.29, 0.717) is 12.2 Å². The number of aromatic nitrogens is 2. The van der Waals surface area contributed by atoms with E-state index in [1.807, 2.05) is 41.1 Å². The van der Waals surface area contributed by atoms with Gasteiger partial charge in [0.15, 0.2) is 5.16 Å². The van der Waals surface area contributed by atoms with Crippen molar-refractivity contribution >= 4 is 29.3 Å². The van der Waals surface area contributed by atoms with Crippen LogP contribution in [0.5, 0.6) is 0 Å². The molecule has 2 N–H and O–H groups in total. The van der Waals surface area contributed by atoms with Crippen LogP contribution in [0.4, 0.5) is 10.1 Å². The lowest BCUT2D eigenvalue weighted by atomic mass is 10.2. The molecular weight excluding hydrogens is 379 g/mol. The summed E-state index contributed by atoms with van der Waals surface area (Å²) in [6.45, 7) is 0.514. The topological polar surface area (TPSA) is 76.0 Å². The predicted molar refractivity (Wildman–Crippen MR) is 107 cm³/mol. The molecule has 0 radical (unpaired) electrons. The van der Waals surface area contributed by atoms with Gasteiger partial charge in [0.1, 0.15) is 5.82 Å². The van der Waals surface area contributed by atoms with E-state index in [0.717, 1.165) is 10.7 Å². The third kappa shape index (κ3) is 5.95. The molecule has 144 valence electrons. The van der Waals surface area contributed by atoms with Crippen molar-refractivity contribution in [1.29, 1.82) is 0 Å². The summed E-state index contributed by atoms with van der Waals surface area (Å²) in [6.07, 6.45) is 3.56. The highest BCUT2D eigenvalue weighted by atomic mass is 32.2. The molecule has 3 rings (SSSR count). The van der Waals surface area contributed by atoms with Crippen LogP contribution in [-0.2, 0) is 16.1 Å². The molecule has 28 heavy (non-hydrogen) atoms. The second kappa shape index (κ2) is 9.70. The maximum Gasteiger partial charge on any atom is 0.243 e. The summed E-state index contributed by atoms with van der Waals surface area (Å²) >= 11 is 1.30. The molecule has 0 saturated carbocycles. The van der Waals surface area contributed by atoms with Crippen LogP contribution in [0.1, 0.15) is 5.56 Å². The molecule has 8 heteroatoms. The smallest absolute Gasteiger partial charge is 0.243 e. The monoisotopic (exact) mass is 398 g/mol. The fourth-order valence-electron chi connectivity index (χ4n) is 2.43. The third-order valence-electron chi connectivity index (χ3n) is 3.78. The zero-order chi connectivity index (χ0) is 19.8. The number of hydrogen-bond acceptors (Lipinski definition) is 4. The molecule has 0 aliphatic rings. The fraction of sp³-hybridized carbons (Fsp3) is 0.150. The van der Waals surface area contributed by atoms with E-state index in [4.69, 9.17) is 0 Å². The lowest BCUT2D eigenvalue weighted by Gasteiger charge is -2.08. The van der Waals surface area contributed by atoms with Crippen molar-refractivity contribution in [2.45, 2.75) is 11.7 Å². The molecule has 0 aliphatic carbocycles. The number of imidazole rings is 1. The zero-order valence-electron chi connectivity index (χ0n) is 15.0. The van der Waals surface area contributed by atoms with Crippen LogP contribution in [0.2, 0.25) is 0 Å². The highest BCUT2D eigenvalue weighted by Gasteiger charge is 2.10. The Morgan fingerprint density at radius 2 is 1.79 bits per heavy atom. The van der Waals surface area contributed by atoms with E-state index < -0.39 is 0 Å². The summed E-state index contributed by atoms with van der Waals surface area (Å²) in [4.78, 5) is 28.1. The Bertz CT molecular complexity index is 929. The Morgan fingerprint density at radius 1 is 1.04 bits per heavy atom. The van der Waals surface area contributed by atoms with Crippen LogP contribution in [0.15, 0.2) is 72.1 Å². The number of anilines is 1. The first-order chi connectivity index (χ1) is 13.6. The number of benzene rings is 2. The molecule has 0 spiro atoms. The average molecular weight is 398 g/mol. The molecule has 2 aromatic carbocycles. The first-order valence-electron chi connectivity index (χ1n) is 8.60. The van der Waals surface area contributed by atoms with Crippen LogP contribution < -0.4 is 10.6 Å². The number of hydrogen-bond donors (Lipinski definition) is 2. The maximum atomic E-state index is 12.9. The SMILES string of the molecule is O=C(CSc1nccn1Cc1ccccc1)NCC(=O)Nc1ccc(F)cc1. The minimum Gasteiger partial charge on any atom is -0.346 e. The van der Waals surface area contributed by atoms with Gasteiger partial charge in [0.2, 0.25) is 11.8 Å². The quantitative estimate of drug-likeness (QED) is 0.572. The Balaban J connectivity index is 1.43. The van der Waals surface area contributed by atoms with Gasteiger partial charge >= 0.3 is 0 Å². The normalized spacial score (nSPS) is 10.5. The Labute approximate surface area is 166 Å². The summed E-state index contributed by atoms with van der Waals surface area (Å²) in [5.74, 6) is -0.881. The Morgan fingerprint density at radius 3 is 2.54 bits per heavy atom. The van der Waals surface area contributed by atoms with E-state index >= 15 is 0 Å². The largest absolute Gasteiger partial charge is 0.346 e. The molecule has 0 fully saturated rings. The van der Waals surface area contributed by atoms with E-state index in [2.05, 4.69) is 15.6 Å². The van der Waals surface area contributed by atoms with Crippen molar-refractivity contribution < 1.29 is 14.0 Å². The molecular formula is C20H19FN4O2S. The first-order valence-corrected chi connectivity index (χ1v) is 9.59. The van der Waals surface area contributed by atoms with Crippen LogP contribution >= 0.6 is 11.8 Å².